The fraction of sp³-hybridized carbons (Fsp3) is 0.265. The van der Waals surface area contributed by atoms with Crippen LogP contribution in [0.5, 0.6) is 0 Å². The van der Waals surface area contributed by atoms with Gasteiger partial charge in [-0.15, -0.1) is 53.6 Å². The normalized spacial score (nSPS) is 12.1. The van der Waals surface area contributed by atoms with Crippen LogP contribution in [0.1, 0.15) is 58.2 Å². The van der Waals surface area contributed by atoms with Crippen molar-refractivity contribution in [2.45, 2.75) is 79.6 Å². The molecule has 5 aromatic carbocycles. The quantitative estimate of drug-likeness (QED) is 0.123. The molecule has 3 aromatic heterocycles. The summed E-state index contributed by atoms with van der Waals surface area (Å²) in [5.41, 5.74) is 11.3. The Morgan fingerprint density at radius 3 is 2.16 bits per heavy atom. The largest absolute Gasteiger partial charge is 0.501 e. The third kappa shape index (κ3) is 8.94. The molecule has 0 N–H and O–H groups in total. The molecule has 8 aromatic rings. The maximum atomic E-state index is 6.25. The van der Waals surface area contributed by atoms with Crippen molar-refractivity contribution in [1.82, 2.24) is 14.5 Å². The minimum atomic E-state index is -1.42. The average molecular weight is 918 g/mol. The SMILES string of the molecule is CC(C)(C)Cc1cc(-c2[c-]ccc(C(C)(C)C)c2)ncc1[Si](C)(C)C.[Ir].[c-]1ccc2c(oc3ccccc32)c1-c1nc2ccccc2n1Cc1ccccc1. The minimum Gasteiger partial charge on any atom is -0.501 e. The van der Waals surface area contributed by atoms with Gasteiger partial charge in [0.25, 0.3) is 0 Å². The molecule has 8 rings (SSSR count). The van der Waals surface area contributed by atoms with Crippen molar-refractivity contribution in [3.05, 3.63) is 150 Å². The summed E-state index contributed by atoms with van der Waals surface area (Å²) in [7, 11) is -1.42. The van der Waals surface area contributed by atoms with Crippen LogP contribution in [0.4, 0.5) is 0 Å². The van der Waals surface area contributed by atoms with Crippen molar-refractivity contribution in [2.24, 2.45) is 5.41 Å². The summed E-state index contributed by atoms with van der Waals surface area (Å²) in [6.45, 7) is 21.6. The molecule has 6 heteroatoms. The van der Waals surface area contributed by atoms with Gasteiger partial charge < -0.3 is 14.0 Å². The number of rotatable bonds is 6. The Labute approximate surface area is 341 Å². The maximum Gasteiger partial charge on any atom is 0.120 e. The first-order valence-electron chi connectivity index (χ1n) is 19.0. The van der Waals surface area contributed by atoms with E-state index in [1.165, 1.54) is 21.9 Å². The van der Waals surface area contributed by atoms with E-state index in [9.17, 15) is 0 Å². The third-order valence-corrected chi connectivity index (χ3v) is 11.9. The molecule has 1 radical (unpaired) electrons. The van der Waals surface area contributed by atoms with Crippen LogP contribution in [0.25, 0.3) is 55.6 Å². The van der Waals surface area contributed by atoms with E-state index in [0.717, 1.165) is 68.6 Å². The van der Waals surface area contributed by atoms with E-state index in [2.05, 4.69) is 157 Å². The van der Waals surface area contributed by atoms with Gasteiger partial charge in [-0.25, -0.2) is 0 Å². The Morgan fingerprint density at radius 2 is 1.44 bits per heavy atom. The molecule has 283 valence electrons. The van der Waals surface area contributed by atoms with Crippen LogP contribution in [-0.4, -0.2) is 22.6 Å². The second-order valence-electron chi connectivity index (χ2n) is 17.6. The van der Waals surface area contributed by atoms with Gasteiger partial charge >= 0.3 is 0 Å². The van der Waals surface area contributed by atoms with Gasteiger partial charge in [-0.05, 0) is 51.9 Å². The van der Waals surface area contributed by atoms with Crippen LogP contribution in [0.3, 0.4) is 0 Å². The van der Waals surface area contributed by atoms with Crippen molar-refractivity contribution >= 4 is 46.2 Å². The fourth-order valence-corrected chi connectivity index (χ4v) is 8.74. The second-order valence-corrected chi connectivity index (χ2v) is 22.7. The van der Waals surface area contributed by atoms with Gasteiger partial charge in [-0.3, -0.25) is 4.98 Å². The first-order valence-corrected chi connectivity index (χ1v) is 22.5. The van der Waals surface area contributed by atoms with E-state index in [-0.39, 0.29) is 30.9 Å². The number of aromatic nitrogens is 3. The molecule has 0 saturated heterocycles. The van der Waals surface area contributed by atoms with Crippen LogP contribution in [0, 0.1) is 17.5 Å². The summed E-state index contributed by atoms with van der Waals surface area (Å²) in [5.74, 6) is 0.875. The molecule has 0 bridgehead atoms. The van der Waals surface area contributed by atoms with E-state index in [1.807, 2.05) is 42.5 Å². The number of nitrogens with zero attached hydrogens (tertiary/aromatic N) is 3. The van der Waals surface area contributed by atoms with Crippen LogP contribution in [0.2, 0.25) is 19.6 Å². The second kappa shape index (κ2) is 15.9. The first kappa shape index (κ1) is 40.1. The number of furan rings is 1. The molecule has 0 unspecified atom stereocenters. The van der Waals surface area contributed by atoms with Gasteiger partial charge in [0.15, 0.2) is 0 Å². The number of fused-ring (bicyclic) bond motifs is 4. The Hall–Kier alpha value is -4.61. The standard InChI is InChI=1S/C26H17N2O.C23H34NSi.Ir/c1-2-9-18(10-3-1)17-28-23-15-6-5-14-22(23)27-26(28)21-13-8-12-20-19-11-4-7-16-24(19)29-25(20)21;1-22(2,3)15-18-14-20(24-16-21(18)25(7,8)9)17-11-10-12-19(13-17)23(4,5)6;/h1-12,14-16H,17H2;10,12-14,16H,15H2,1-9H3;/q2*-1;. The summed E-state index contributed by atoms with van der Waals surface area (Å²) in [6, 6.07) is 46.4. The van der Waals surface area contributed by atoms with Gasteiger partial charge in [0.2, 0.25) is 0 Å². The zero-order valence-corrected chi connectivity index (χ0v) is 36.9. The van der Waals surface area contributed by atoms with Crippen LogP contribution in [0.15, 0.2) is 126 Å². The van der Waals surface area contributed by atoms with Crippen molar-refractivity contribution in [3.8, 4) is 22.6 Å². The molecule has 0 fully saturated rings. The topological polar surface area (TPSA) is 43.9 Å². The molecule has 0 aliphatic carbocycles. The Bertz CT molecular complexity index is 2560. The molecule has 0 amide bonds. The van der Waals surface area contributed by atoms with Gasteiger partial charge in [0, 0.05) is 38.2 Å². The molecule has 0 aliphatic rings. The zero-order valence-electron chi connectivity index (χ0n) is 33.5. The van der Waals surface area contributed by atoms with Crippen molar-refractivity contribution in [2.75, 3.05) is 0 Å². The van der Waals surface area contributed by atoms with Crippen molar-refractivity contribution in [3.63, 3.8) is 0 Å². The molecule has 0 saturated carbocycles. The zero-order chi connectivity index (χ0) is 38.3. The number of para-hydroxylation sites is 3. The monoisotopic (exact) mass is 918 g/mol. The first-order chi connectivity index (χ1) is 25.7. The third-order valence-electron chi connectivity index (χ3n) is 9.86. The van der Waals surface area contributed by atoms with Crippen molar-refractivity contribution < 1.29 is 24.5 Å². The van der Waals surface area contributed by atoms with E-state index in [1.54, 1.807) is 0 Å². The van der Waals surface area contributed by atoms with Crippen LogP contribution in [-0.2, 0) is 38.5 Å². The minimum absolute atomic E-state index is 0. The molecule has 0 spiro atoms. The van der Waals surface area contributed by atoms with Crippen LogP contribution < -0.4 is 5.19 Å². The average Bonchev–Trinajstić information content (AvgIpc) is 3.69. The predicted octanol–water partition coefficient (Wildman–Crippen LogP) is 12.4. The molecular formula is C49H51IrN3OSi-2. The van der Waals surface area contributed by atoms with Gasteiger partial charge in [-0.1, -0.05) is 144 Å². The maximum absolute atomic E-state index is 6.25. The summed E-state index contributed by atoms with van der Waals surface area (Å²) >= 11 is 0. The van der Waals surface area contributed by atoms with E-state index in [4.69, 9.17) is 14.4 Å². The Balaban J connectivity index is 0.000000186. The van der Waals surface area contributed by atoms with E-state index in [0.29, 0.717) is 0 Å². The Morgan fingerprint density at radius 1 is 0.745 bits per heavy atom. The van der Waals surface area contributed by atoms with Gasteiger partial charge in [0.1, 0.15) is 5.58 Å². The number of imidazole rings is 1. The molecule has 0 aliphatic heterocycles. The van der Waals surface area contributed by atoms with Gasteiger partial charge in [0.05, 0.1) is 30.5 Å². The summed E-state index contributed by atoms with van der Waals surface area (Å²) in [5, 5.41) is 3.69. The number of pyridine rings is 1. The van der Waals surface area contributed by atoms with Crippen molar-refractivity contribution in [1.29, 1.82) is 0 Å². The smallest absolute Gasteiger partial charge is 0.120 e. The molecule has 4 nitrogen and oxygen atoms in total. The van der Waals surface area contributed by atoms with Crippen LogP contribution >= 0.6 is 0 Å². The fourth-order valence-electron chi connectivity index (χ4n) is 7.17. The summed E-state index contributed by atoms with van der Waals surface area (Å²) in [6.07, 6.45) is 3.22. The summed E-state index contributed by atoms with van der Waals surface area (Å²) in [4.78, 5) is 9.80. The van der Waals surface area contributed by atoms with E-state index < -0.39 is 8.07 Å². The number of hydrogen-bond donors (Lipinski definition) is 0. The molecule has 55 heavy (non-hydrogen) atoms. The molecule has 3 heterocycles. The summed E-state index contributed by atoms with van der Waals surface area (Å²) < 4.78 is 8.51. The molecule has 0 atom stereocenters. The number of hydrogen-bond acceptors (Lipinski definition) is 3. The molecular weight excluding hydrogens is 867 g/mol. The van der Waals surface area contributed by atoms with E-state index >= 15 is 0 Å². The predicted molar refractivity (Wildman–Crippen MR) is 230 cm³/mol. The van der Waals surface area contributed by atoms with Gasteiger partial charge in [-0.2, -0.15) is 0 Å². The Kier molecular flexibility index (Phi) is 11.6. The number of benzene rings is 5.